The van der Waals surface area contributed by atoms with Crippen LogP contribution >= 0.6 is 0 Å². The molecule has 0 aliphatic carbocycles. The summed E-state index contributed by atoms with van der Waals surface area (Å²) in [5.41, 5.74) is 8.57. The highest BCUT2D eigenvalue weighted by Crippen LogP contribution is 2.23. The van der Waals surface area contributed by atoms with Gasteiger partial charge in [0, 0.05) is 25.7 Å². The van der Waals surface area contributed by atoms with Crippen molar-refractivity contribution < 1.29 is 0 Å². The van der Waals surface area contributed by atoms with Crippen molar-refractivity contribution in [3.05, 3.63) is 65.7 Å². The zero-order valence-electron chi connectivity index (χ0n) is 12.6. The Morgan fingerprint density at radius 1 is 1.14 bits per heavy atom. The van der Waals surface area contributed by atoms with Crippen LogP contribution in [0.3, 0.4) is 0 Å². The van der Waals surface area contributed by atoms with Crippen LogP contribution in [0.15, 0.2) is 54.6 Å². The summed E-state index contributed by atoms with van der Waals surface area (Å²) in [6.07, 6.45) is 0.581. The zero-order valence-corrected chi connectivity index (χ0v) is 12.6. The van der Waals surface area contributed by atoms with Gasteiger partial charge < -0.3 is 10.6 Å². The number of nitriles is 1. The van der Waals surface area contributed by atoms with Gasteiger partial charge in [-0.05, 0) is 30.2 Å². The van der Waals surface area contributed by atoms with Gasteiger partial charge in [0.05, 0.1) is 6.07 Å². The molecule has 2 aromatic rings. The van der Waals surface area contributed by atoms with Crippen LogP contribution in [0.2, 0.25) is 0 Å². The summed E-state index contributed by atoms with van der Waals surface area (Å²) in [5, 5.41) is 9.47. The number of hydrogen-bond acceptors (Lipinski definition) is 3. The lowest BCUT2D eigenvalue weighted by Gasteiger charge is -2.26. The molecule has 0 aliphatic heterocycles. The maximum atomic E-state index is 9.47. The highest BCUT2D eigenvalue weighted by Gasteiger charge is 2.27. The van der Waals surface area contributed by atoms with E-state index in [0.717, 1.165) is 17.8 Å². The molecular formula is C18H21N3. The third kappa shape index (κ3) is 3.62. The Labute approximate surface area is 126 Å². The molecule has 0 radical (unpaired) electrons. The van der Waals surface area contributed by atoms with E-state index in [4.69, 9.17) is 5.73 Å². The van der Waals surface area contributed by atoms with Gasteiger partial charge in [-0.1, -0.05) is 42.5 Å². The van der Waals surface area contributed by atoms with E-state index in [1.807, 2.05) is 43.4 Å². The van der Waals surface area contributed by atoms with Crippen LogP contribution in [0.1, 0.15) is 17.5 Å². The molecule has 2 rings (SSSR count). The van der Waals surface area contributed by atoms with E-state index >= 15 is 0 Å². The Kier molecular flexibility index (Phi) is 4.62. The standard InChI is InChI=1S/C18H21N3/c1-15-7-6-10-17(13-15)21(2)12-11-18(20,14-19)16-8-4-3-5-9-16/h3-10,13H,11-12,20H2,1-2H3. The number of anilines is 1. The van der Waals surface area contributed by atoms with Crippen LogP contribution in [0.5, 0.6) is 0 Å². The molecule has 1 atom stereocenters. The molecule has 2 aromatic carbocycles. The zero-order chi connectivity index (χ0) is 15.3. The summed E-state index contributed by atoms with van der Waals surface area (Å²) in [6.45, 7) is 2.80. The molecule has 0 fully saturated rings. The maximum Gasteiger partial charge on any atom is 0.131 e. The predicted molar refractivity (Wildman–Crippen MR) is 87.0 cm³/mol. The second kappa shape index (κ2) is 6.43. The summed E-state index contributed by atoms with van der Waals surface area (Å²) >= 11 is 0. The molecule has 0 aromatic heterocycles. The molecule has 0 spiro atoms. The number of benzene rings is 2. The van der Waals surface area contributed by atoms with Crippen LogP contribution in [0.25, 0.3) is 0 Å². The van der Waals surface area contributed by atoms with Crippen molar-refractivity contribution in [1.29, 1.82) is 5.26 Å². The van der Waals surface area contributed by atoms with Gasteiger partial charge in [-0.15, -0.1) is 0 Å². The van der Waals surface area contributed by atoms with Crippen LogP contribution in [0.4, 0.5) is 5.69 Å². The van der Waals surface area contributed by atoms with E-state index in [9.17, 15) is 5.26 Å². The van der Waals surface area contributed by atoms with Gasteiger partial charge in [0.1, 0.15) is 5.54 Å². The van der Waals surface area contributed by atoms with Crippen molar-refractivity contribution >= 4 is 5.69 Å². The summed E-state index contributed by atoms with van der Waals surface area (Å²) in [5.74, 6) is 0. The number of nitrogens with zero attached hydrogens (tertiary/aromatic N) is 2. The largest absolute Gasteiger partial charge is 0.374 e. The first kappa shape index (κ1) is 15.1. The summed E-state index contributed by atoms with van der Waals surface area (Å²) in [6, 6.07) is 20.2. The lowest BCUT2D eigenvalue weighted by atomic mass is 9.89. The van der Waals surface area contributed by atoms with Gasteiger partial charge in [0.15, 0.2) is 0 Å². The Morgan fingerprint density at radius 2 is 1.86 bits per heavy atom. The SMILES string of the molecule is Cc1cccc(N(C)CCC(N)(C#N)c2ccccc2)c1. The fraction of sp³-hybridized carbons (Fsp3) is 0.278. The van der Waals surface area contributed by atoms with E-state index in [1.165, 1.54) is 5.56 Å². The average molecular weight is 279 g/mol. The third-order valence-electron chi connectivity index (χ3n) is 3.77. The second-order valence-corrected chi connectivity index (χ2v) is 5.46. The van der Waals surface area contributed by atoms with E-state index in [0.29, 0.717) is 6.42 Å². The van der Waals surface area contributed by atoms with Crippen molar-refractivity contribution in [2.45, 2.75) is 18.9 Å². The number of aryl methyl sites for hydroxylation is 1. The van der Waals surface area contributed by atoms with Gasteiger partial charge in [-0.25, -0.2) is 0 Å². The minimum Gasteiger partial charge on any atom is -0.374 e. The van der Waals surface area contributed by atoms with E-state index in [1.54, 1.807) is 0 Å². The fourth-order valence-corrected chi connectivity index (χ4v) is 2.34. The lowest BCUT2D eigenvalue weighted by molar-refractivity contribution is 0.526. The van der Waals surface area contributed by atoms with Crippen molar-refractivity contribution in [2.24, 2.45) is 5.73 Å². The van der Waals surface area contributed by atoms with Crippen LogP contribution < -0.4 is 10.6 Å². The van der Waals surface area contributed by atoms with Gasteiger partial charge in [-0.2, -0.15) is 5.26 Å². The summed E-state index contributed by atoms with van der Waals surface area (Å²) in [4.78, 5) is 2.13. The molecule has 0 saturated heterocycles. The molecule has 0 bridgehead atoms. The summed E-state index contributed by atoms with van der Waals surface area (Å²) < 4.78 is 0. The van der Waals surface area contributed by atoms with Gasteiger partial charge >= 0.3 is 0 Å². The molecule has 108 valence electrons. The fourth-order valence-electron chi connectivity index (χ4n) is 2.34. The third-order valence-corrected chi connectivity index (χ3v) is 3.77. The molecule has 0 amide bonds. The van der Waals surface area contributed by atoms with E-state index in [-0.39, 0.29) is 0 Å². The lowest BCUT2D eigenvalue weighted by Crippen LogP contribution is -2.38. The summed E-state index contributed by atoms with van der Waals surface area (Å²) in [7, 11) is 2.03. The minimum absolute atomic E-state index is 0.581. The molecule has 2 N–H and O–H groups in total. The van der Waals surface area contributed by atoms with Gasteiger partial charge in [0.25, 0.3) is 0 Å². The molecule has 21 heavy (non-hydrogen) atoms. The van der Waals surface area contributed by atoms with Crippen molar-refractivity contribution in [3.63, 3.8) is 0 Å². The molecule has 0 aliphatic rings. The van der Waals surface area contributed by atoms with Gasteiger partial charge in [0.2, 0.25) is 0 Å². The molecular weight excluding hydrogens is 258 g/mol. The number of rotatable bonds is 5. The Hall–Kier alpha value is -2.31. The average Bonchev–Trinajstić information content (AvgIpc) is 2.53. The van der Waals surface area contributed by atoms with Crippen LogP contribution in [-0.4, -0.2) is 13.6 Å². The van der Waals surface area contributed by atoms with Crippen LogP contribution in [0, 0.1) is 18.3 Å². The smallest absolute Gasteiger partial charge is 0.131 e. The highest BCUT2D eigenvalue weighted by atomic mass is 15.1. The van der Waals surface area contributed by atoms with Crippen molar-refractivity contribution in [1.82, 2.24) is 0 Å². The highest BCUT2D eigenvalue weighted by molar-refractivity contribution is 5.47. The number of nitrogens with two attached hydrogens (primary N) is 1. The second-order valence-electron chi connectivity index (χ2n) is 5.46. The maximum absolute atomic E-state index is 9.47. The minimum atomic E-state index is -0.945. The number of hydrogen-bond donors (Lipinski definition) is 1. The molecule has 1 unspecified atom stereocenters. The Bertz CT molecular complexity index is 630. The topological polar surface area (TPSA) is 53.0 Å². The Morgan fingerprint density at radius 3 is 2.48 bits per heavy atom. The molecule has 3 heteroatoms. The Balaban J connectivity index is 2.09. The first-order chi connectivity index (χ1) is 10.0. The quantitative estimate of drug-likeness (QED) is 0.914. The predicted octanol–water partition coefficient (Wildman–Crippen LogP) is 3.20. The first-order valence-corrected chi connectivity index (χ1v) is 7.08. The van der Waals surface area contributed by atoms with Gasteiger partial charge in [-0.3, -0.25) is 0 Å². The van der Waals surface area contributed by atoms with Crippen LogP contribution in [-0.2, 0) is 5.54 Å². The van der Waals surface area contributed by atoms with Crippen molar-refractivity contribution in [3.8, 4) is 6.07 Å². The first-order valence-electron chi connectivity index (χ1n) is 7.08. The monoisotopic (exact) mass is 279 g/mol. The normalized spacial score (nSPS) is 13.2. The van der Waals surface area contributed by atoms with Crippen molar-refractivity contribution in [2.75, 3.05) is 18.5 Å². The molecule has 0 saturated carbocycles. The molecule has 0 heterocycles. The molecule has 3 nitrogen and oxygen atoms in total. The van der Waals surface area contributed by atoms with E-state index < -0.39 is 5.54 Å². The van der Waals surface area contributed by atoms with E-state index in [2.05, 4.69) is 36.1 Å².